The van der Waals surface area contributed by atoms with Crippen molar-refractivity contribution in [2.45, 2.75) is 19.3 Å². The van der Waals surface area contributed by atoms with Crippen LogP contribution in [-0.4, -0.2) is 42.9 Å². The number of halogens is 1. The van der Waals surface area contributed by atoms with Gasteiger partial charge in [0, 0.05) is 32.3 Å². The van der Waals surface area contributed by atoms with Crippen molar-refractivity contribution in [1.82, 2.24) is 10.2 Å². The standard InChI is InChI=1S/C14H21N3O3.ClH/c1-14(2,13(18)16(4)10-9-15-3)11-5-7-12(8-6-11)17(19)20;/h5-8,15H,9-10H2,1-4H3;1H. The first-order valence-corrected chi connectivity index (χ1v) is 6.45. The number of nitrogens with zero attached hydrogens (tertiary/aromatic N) is 2. The molecule has 0 aliphatic heterocycles. The molecule has 0 aromatic heterocycles. The number of nitro groups is 1. The van der Waals surface area contributed by atoms with E-state index in [2.05, 4.69) is 5.32 Å². The maximum atomic E-state index is 12.5. The lowest BCUT2D eigenvalue weighted by Crippen LogP contribution is -2.43. The highest BCUT2D eigenvalue weighted by atomic mass is 35.5. The summed E-state index contributed by atoms with van der Waals surface area (Å²) in [6.45, 7) is 4.99. The molecule has 1 aromatic carbocycles. The Hall–Kier alpha value is -1.66. The van der Waals surface area contributed by atoms with E-state index < -0.39 is 10.3 Å². The highest BCUT2D eigenvalue weighted by Gasteiger charge is 2.32. The Morgan fingerprint density at radius 2 is 1.86 bits per heavy atom. The Balaban J connectivity index is 0.00000400. The number of benzene rings is 1. The fourth-order valence-corrected chi connectivity index (χ4v) is 1.98. The molecule has 0 fully saturated rings. The van der Waals surface area contributed by atoms with Crippen molar-refractivity contribution in [3.63, 3.8) is 0 Å². The molecule has 0 bridgehead atoms. The summed E-state index contributed by atoms with van der Waals surface area (Å²) in [6, 6.07) is 6.14. The number of non-ortho nitro benzene ring substituents is 1. The van der Waals surface area contributed by atoms with Gasteiger partial charge in [-0.05, 0) is 26.5 Å². The Kier molecular flexibility index (Phi) is 7.32. The maximum Gasteiger partial charge on any atom is 0.269 e. The molecule has 1 rings (SSSR count). The largest absolute Gasteiger partial charge is 0.344 e. The van der Waals surface area contributed by atoms with E-state index in [-0.39, 0.29) is 24.0 Å². The van der Waals surface area contributed by atoms with Gasteiger partial charge in [-0.15, -0.1) is 12.4 Å². The van der Waals surface area contributed by atoms with Crippen molar-refractivity contribution >= 4 is 24.0 Å². The van der Waals surface area contributed by atoms with E-state index in [0.29, 0.717) is 6.54 Å². The summed E-state index contributed by atoms with van der Waals surface area (Å²) in [5, 5.41) is 13.6. The number of carbonyl (C=O) groups is 1. The molecule has 0 aliphatic carbocycles. The molecule has 1 aromatic rings. The summed E-state index contributed by atoms with van der Waals surface area (Å²) in [5.41, 5.74) is 0.0856. The molecule has 7 heteroatoms. The van der Waals surface area contributed by atoms with Gasteiger partial charge in [-0.1, -0.05) is 12.1 Å². The molecule has 6 nitrogen and oxygen atoms in total. The molecule has 0 saturated heterocycles. The Morgan fingerprint density at radius 1 is 1.33 bits per heavy atom. The maximum absolute atomic E-state index is 12.5. The van der Waals surface area contributed by atoms with Gasteiger partial charge < -0.3 is 10.2 Å². The predicted octanol–water partition coefficient (Wildman–Crippen LogP) is 1.97. The van der Waals surface area contributed by atoms with Crippen LogP contribution in [0.5, 0.6) is 0 Å². The smallest absolute Gasteiger partial charge is 0.269 e. The minimum atomic E-state index is -0.711. The van der Waals surface area contributed by atoms with Crippen LogP contribution in [0, 0.1) is 10.1 Å². The number of nitrogens with one attached hydrogen (secondary N) is 1. The lowest BCUT2D eigenvalue weighted by Gasteiger charge is -2.29. The van der Waals surface area contributed by atoms with Crippen LogP contribution >= 0.6 is 12.4 Å². The van der Waals surface area contributed by atoms with Crippen LogP contribution in [0.15, 0.2) is 24.3 Å². The molecule has 0 saturated carbocycles. The van der Waals surface area contributed by atoms with Crippen molar-refractivity contribution in [2.24, 2.45) is 0 Å². The molecule has 0 radical (unpaired) electrons. The van der Waals surface area contributed by atoms with Gasteiger partial charge in [0.25, 0.3) is 5.69 Å². The highest BCUT2D eigenvalue weighted by molar-refractivity contribution is 5.87. The second-order valence-corrected chi connectivity index (χ2v) is 5.26. The fourth-order valence-electron chi connectivity index (χ4n) is 1.98. The van der Waals surface area contributed by atoms with Crippen molar-refractivity contribution in [1.29, 1.82) is 0 Å². The third-order valence-corrected chi connectivity index (χ3v) is 3.38. The first-order valence-electron chi connectivity index (χ1n) is 6.45. The highest BCUT2D eigenvalue weighted by Crippen LogP contribution is 2.27. The normalized spacial score (nSPS) is 10.7. The number of nitro benzene ring substituents is 1. The summed E-state index contributed by atoms with van der Waals surface area (Å²) in [7, 11) is 3.59. The Morgan fingerprint density at radius 3 is 2.29 bits per heavy atom. The van der Waals surface area contributed by atoms with Gasteiger partial charge in [0.15, 0.2) is 0 Å². The van der Waals surface area contributed by atoms with Crippen molar-refractivity contribution in [3.05, 3.63) is 39.9 Å². The van der Waals surface area contributed by atoms with Gasteiger partial charge in [-0.25, -0.2) is 0 Å². The first kappa shape index (κ1) is 19.3. The second-order valence-electron chi connectivity index (χ2n) is 5.26. The monoisotopic (exact) mass is 315 g/mol. The molecule has 1 amide bonds. The van der Waals surface area contributed by atoms with E-state index in [1.54, 1.807) is 24.1 Å². The van der Waals surface area contributed by atoms with Crippen molar-refractivity contribution in [2.75, 3.05) is 27.2 Å². The third-order valence-electron chi connectivity index (χ3n) is 3.38. The molecule has 0 heterocycles. The lowest BCUT2D eigenvalue weighted by atomic mass is 9.83. The van der Waals surface area contributed by atoms with E-state index >= 15 is 0 Å². The molecular weight excluding hydrogens is 294 g/mol. The molecule has 0 spiro atoms. The van der Waals surface area contributed by atoms with E-state index in [4.69, 9.17) is 0 Å². The van der Waals surface area contributed by atoms with E-state index in [1.807, 2.05) is 20.9 Å². The zero-order valence-electron chi connectivity index (χ0n) is 12.8. The molecule has 0 atom stereocenters. The van der Waals surface area contributed by atoms with Crippen molar-refractivity contribution < 1.29 is 9.72 Å². The topological polar surface area (TPSA) is 75.5 Å². The molecule has 118 valence electrons. The van der Waals surface area contributed by atoms with Gasteiger partial charge in [0.1, 0.15) is 0 Å². The van der Waals surface area contributed by atoms with Crippen LogP contribution in [0.2, 0.25) is 0 Å². The summed E-state index contributed by atoms with van der Waals surface area (Å²) < 4.78 is 0. The Bertz CT molecular complexity index is 489. The lowest BCUT2D eigenvalue weighted by molar-refractivity contribution is -0.384. The zero-order valence-corrected chi connectivity index (χ0v) is 13.6. The predicted molar refractivity (Wildman–Crippen MR) is 84.9 cm³/mol. The van der Waals surface area contributed by atoms with Crippen LogP contribution in [0.3, 0.4) is 0 Å². The Labute approximate surface area is 131 Å². The van der Waals surface area contributed by atoms with Crippen LogP contribution in [-0.2, 0) is 10.2 Å². The fraction of sp³-hybridized carbons (Fsp3) is 0.500. The number of hydrogen-bond donors (Lipinski definition) is 1. The van der Waals surface area contributed by atoms with Gasteiger partial charge in [-0.2, -0.15) is 0 Å². The summed E-state index contributed by atoms with van der Waals surface area (Å²) >= 11 is 0. The second kappa shape index (κ2) is 7.95. The number of likely N-dealkylation sites (N-methyl/N-ethyl adjacent to an activating group) is 2. The molecule has 0 unspecified atom stereocenters. The van der Waals surface area contributed by atoms with Crippen LogP contribution in [0.25, 0.3) is 0 Å². The number of carbonyl (C=O) groups excluding carboxylic acids is 1. The van der Waals surface area contributed by atoms with Gasteiger partial charge in [-0.3, -0.25) is 14.9 Å². The molecule has 1 N–H and O–H groups in total. The average molecular weight is 316 g/mol. The van der Waals surface area contributed by atoms with E-state index in [9.17, 15) is 14.9 Å². The molecule has 21 heavy (non-hydrogen) atoms. The zero-order chi connectivity index (χ0) is 15.3. The van der Waals surface area contributed by atoms with Crippen molar-refractivity contribution in [3.8, 4) is 0 Å². The minimum absolute atomic E-state index is 0. The number of rotatable bonds is 6. The molecular formula is C14H22ClN3O3. The van der Waals surface area contributed by atoms with E-state index in [0.717, 1.165) is 12.1 Å². The van der Waals surface area contributed by atoms with Gasteiger partial charge in [0.2, 0.25) is 5.91 Å². The summed E-state index contributed by atoms with van der Waals surface area (Å²) in [5.74, 6) is -0.0124. The van der Waals surface area contributed by atoms with Crippen LogP contribution < -0.4 is 5.32 Å². The quantitative estimate of drug-likeness (QED) is 0.643. The number of hydrogen-bond acceptors (Lipinski definition) is 4. The summed E-state index contributed by atoms with van der Waals surface area (Å²) in [4.78, 5) is 24.3. The van der Waals surface area contributed by atoms with E-state index in [1.165, 1.54) is 12.1 Å². The van der Waals surface area contributed by atoms with Crippen LogP contribution in [0.1, 0.15) is 19.4 Å². The van der Waals surface area contributed by atoms with Gasteiger partial charge in [0.05, 0.1) is 10.3 Å². The van der Waals surface area contributed by atoms with Crippen LogP contribution in [0.4, 0.5) is 5.69 Å². The summed E-state index contributed by atoms with van der Waals surface area (Å²) in [6.07, 6.45) is 0. The average Bonchev–Trinajstić information content (AvgIpc) is 2.43. The SMILES string of the molecule is CNCCN(C)C(=O)C(C)(C)c1ccc([N+](=O)[O-])cc1.Cl. The van der Waals surface area contributed by atoms with Gasteiger partial charge >= 0.3 is 0 Å². The number of amides is 1. The first-order chi connectivity index (χ1) is 9.30. The minimum Gasteiger partial charge on any atom is -0.344 e. The third kappa shape index (κ3) is 4.68. The molecule has 0 aliphatic rings.